The molecule has 34 heavy (non-hydrogen) atoms. The molecule has 6 heteroatoms. The molecule has 1 heterocycles. The molecule has 0 atom stereocenters. The largest absolute Gasteiger partial charge is 0.461 e. The second-order valence-electron chi connectivity index (χ2n) is 8.60. The van der Waals surface area contributed by atoms with E-state index in [1.54, 1.807) is 19.1 Å². The molecular weight excluding hydrogens is 428 g/mol. The topological polar surface area (TPSA) is 78.3 Å². The molecule has 0 fully saturated rings. The van der Waals surface area contributed by atoms with Gasteiger partial charge in [0.1, 0.15) is 5.82 Å². The van der Waals surface area contributed by atoms with Crippen LogP contribution >= 0.6 is 0 Å². The Balaban J connectivity index is 2.00. The first kappa shape index (κ1) is 25.1. The minimum Gasteiger partial charge on any atom is -0.461 e. The van der Waals surface area contributed by atoms with Gasteiger partial charge in [0, 0.05) is 25.5 Å². The second kappa shape index (κ2) is 11.1. The molecule has 0 aliphatic rings. The molecule has 1 aromatic heterocycles. The van der Waals surface area contributed by atoms with Gasteiger partial charge in [0.2, 0.25) is 5.78 Å². The number of aryl methyl sites for hydroxylation is 1. The molecule has 0 N–H and O–H groups in total. The van der Waals surface area contributed by atoms with Gasteiger partial charge >= 0.3 is 5.97 Å². The van der Waals surface area contributed by atoms with Gasteiger partial charge < -0.3 is 9.30 Å². The standard InChI is InChI=1S/C28H32N2O4/c1-6-10-24-29-25(18(3)4)26(28(33)34-7-2)30(24)17-20-13-15-21(16-14-20)22-11-8-9-12-23(22)27(32)19(5)31/h8-9,11-16,18H,6-7,10,17H2,1-5H3. The fraction of sp³-hybridized carbons (Fsp3) is 0.357. The minimum absolute atomic E-state index is 0.0916. The van der Waals surface area contributed by atoms with Crippen LogP contribution in [0.3, 0.4) is 0 Å². The van der Waals surface area contributed by atoms with Crippen molar-refractivity contribution in [3.05, 3.63) is 76.9 Å². The second-order valence-corrected chi connectivity index (χ2v) is 8.60. The number of aromatic nitrogens is 2. The fourth-order valence-electron chi connectivity index (χ4n) is 4.02. The van der Waals surface area contributed by atoms with E-state index in [-0.39, 0.29) is 11.9 Å². The number of carbonyl (C=O) groups excluding carboxylic acids is 3. The number of ether oxygens (including phenoxy) is 1. The third-order valence-corrected chi connectivity index (χ3v) is 5.66. The highest BCUT2D eigenvalue weighted by molar-refractivity contribution is 6.44. The molecule has 6 nitrogen and oxygen atoms in total. The molecule has 0 aliphatic heterocycles. The molecule has 0 bridgehead atoms. The number of rotatable bonds is 10. The van der Waals surface area contributed by atoms with Crippen LogP contribution < -0.4 is 0 Å². The van der Waals surface area contributed by atoms with Gasteiger partial charge in [-0.1, -0.05) is 69.3 Å². The molecule has 3 rings (SSSR count). The fourth-order valence-corrected chi connectivity index (χ4v) is 4.02. The highest BCUT2D eigenvalue weighted by atomic mass is 16.5. The first-order valence-electron chi connectivity index (χ1n) is 11.8. The zero-order chi connectivity index (χ0) is 24.8. The zero-order valence-electron chi connectivity index (χ0n) is 20.6. The van der Waals surface area contributed by atoms with E-state index in [2.05, 4.69) is 6.92 Å². The van der Waals surface area contributed by atoms with Crippen molar-refractivity contribution in [2.45, 2.75) is 59.9 Å². The Labute approximate surface area is 201 Å². The van der Waals surface area contributed by atoms with Crippen molar-refractivity contribution in [3.8, 4) is 11.1 Å². The van der Waals surface area contributed by atoms with Gasteiger partial charge in [0.05, 0.1) is 12.3 Å². The summed E-state index contributed by atoms with van der Waals surface area (Å²) in [5.74, 6) is -0.373. The average Bonchev–Trinajstić information content (AvgIpc) is 3.18. The maximum absolute atomic E-state index is 12.9. The van der Waals surface area contributed by atoms with Gasteiger partial charge in [0.15, 0.2) is 11.5 Å². The van der Waals surface area contributed by atoms with Crippen molar-refractivity contribution in [3.63, 3.8) is 0 Å². The molecule has 0 saturated heterocycles. The lowest BCUT2D eigenvalue weighted by atomic mass is 9.95. The summed E-state index contributed by atoms with van der Waals surface area (Å²) in [6.07, 6.45) is 1.68. The Morgan fingerprint density at radius 1 is 1.00 bits per heavy atom. The Morgan fingerprint density at radius 3 is 2.26 bits per heavy atom. The molecule has 0 amide bonds. The molecule has 0 saturated carbocycles. The van der Waals surface area contributed by atoms with Gasteiger partial charge in [-0.05, 0) is 36.0 Å². The monoisotopic (exact) mass is 460 g/mol. The first-order valence-corrected chi connectivity index (χ1v) is 11.8. The van der Waals surface area contributed by atoms with Crippen LogP contribution in [0.5, 0.6) is 0 Å². The normalized spacial score (nSPS) is 11.0. The van der Waals surface area contributed by atoms with Crippen LogP contribution in [0.15, 0.2) is 48.5 Å². The van der Waals surface area contributed by atoms with E-state index < -0.39 is 11.6 Å². The van der Waals surface area contributed by atoms with Gasteiger partial charge in [-0.3, -0.25) is 9.59 Å². The Kier molecular flexibility index (Phi) is 8.16. The third-order valence-electron chi connectivity index (χ3n) is 5.66. The van der Waals surface area contributed by atoms with Crippen LogP contribution in [0, 0.1) is 0 Å². The minimum atomic E-state index is -0.498. The van der Waals surface area contributed by atoms with Crippen LogP contribution in [0.4, 0.5) is 0 Å². The van der Waals surface area contributed by atoms with Gasteiger partial charge in [0.25, 0.3) is 0 Å². The van der Waals surface area contributed by atoms with Crippen LogP contribution in [-0.2, 0) is 22.5 Å². The Bertz CT molecular complexity index is 1190. The van der Waals surface area contributed by atoms with Crippen molar-refractivity contribution < 1.29 is 19.1 Å². The summed E-state index contributed by atoms with van der Waals surface area (Å²) < 4.78 is 7.33. The number of imidazole rings is 1. The van der Waals surface area contributed by atoms with Crippen LogP contribution in [0.2, 0.25) is 0 Å². The van der Waals surface area contributed by atoms with Crippen LogP contribution in [0.1, 0.15) is 84.9 Å². The van der Waals surface area contributed by atoms with Crippen molar-refractivity contribution in [2.75, 3.05) is 6.61 Å². The highest BCUT2D eigenvalue weighted by Gasteiger charge is 2.25. The number of nitrogens with zero attached hydrogens (tertiary/aromatic N) is 2. The maximum atomic E-state index is 12.9. The molecule has 2 aromatic carbocycles. The van der Waals surface area contributed by atoms with Crippen molar-refractivity contribution in [2.24, 2.45) is 0 Å². The molecule has 0 radical (unpaired) electrons. The molecule has 0 unspecified atom stereocenters. The Morgan fingerprint density at radius 2 is 1.68 bits per heavy atom. The average molecular weight is 461 g/mol. The summed E-state index contributed by atoms with van der Waals surface area (Å²) in [5.41, 5.74) is 4.24. The predicted octanol–water partition coefficient (Wildman–Crippen LogP) is 5.62. The van der Waals surface area contributed by atoms with E-state index in [0.29, 0.717) is 24.4 Å². The zero-order valence-corrected chi connectivity index (χ0v) is 20.6. The Hall–Kier alpha value is -3.54. The van der Waals surface area contributed by atoms with Crippen LogP contribution in [0.25, 0.3) is 11.1 Å². The summed E-state index contributed by atoms with van der Waals surface area (Å²) in [4.78, 5) is 41.7. The summed E-state index contributed by atoms with van der Waals surface area (Å²) in [5, 5.41) is 0. The van der Waals surface area contributed by atoms with Crippen molar-refractivity contribution >= 4 is 17.5 Å². The highest BCUT2D eigenvalue weighted by Crippen LogP contribution is 2.27. The number of benzene rings is 2. The smallest absolute Gasteiger partial charge is 0.356 e. The predicted molar refractivity (Wildman–Crippen MR) is 132 cm³/mol. The van der Waals surface area contributed by atoms with E-state index in [1.807, 2.05) is 54.8 Å². The number of ketones is 2. The number of hydrogen-bond donors (Lipinski definition) is 0. The van der Waals surface area contributed by atoms with Gasteiger partial charge in [-0.2, -0.15) is 0 Å². The van der Waals surface area contributed by atoms with E-state index in [1.165, 1.54) is 6.92 Å². The summed E-state index contributed by atoms with van der Waals surface area (Å²) in [7, 11) is 0. The number of carbonyl (C=O) groups is 3. The molecule has 0 spiro atoms. The quantitative estimate of drug-likeness (QED) is 0.223. The summed E-state index contributed by atoms with van der Waals surface area (Å²) in [6, 6.07) is 14.9. The van der Waals surface area contributed by atoms with E-state index in [0.717, 1.165) is 41.1 Å². The summed E-state index contributed by atoms with van der Waals surface area (Å²) in [6.45, 7) is 10.0. The molecule has 3 aromatic rings. The summed E-state index contributed by atoms with van der Waals surface area (Å²) >= 11 is 0. The lowest BCUT2D eigenvalue weighted by Gasteiger charge is -2.14. The molecule has 0 aliphatic carbocycles. The van der Waals surface area contributed by atoms with E-state index in [9.17, 15) is 14.4 Å². The number of hydrogen-bond acceptors (Lipinski definition) is 5. The first-order chi connectivity index (χ1) is 16.3. The van der Waals surface area contributed by atoms with E-state index >= 15 is 0 Å². The van der Waals surface area contributed by atoms with Crippen molar-refractivity contribution in [1.82, 2.24) is 9.55 Å². The third kappa shape index (κ3) is 5.33. The maximum Gasteiger partial charge on any atom is 0.356 e. The molecule has 178 valence electrons. The number of Topliss-reactive ketones (excluding diaryl/α,β-unsaturated/α-hetero) is 2. The lowest BCUT2D eigenvalue weighted by molar-refractivity contribution is -0.113. The number of esters is 1. The van der Waals surface area contributed by atoms with Crippen LogP contribution in [-0.4, -0.2) is 33.7 Å². The van der Waals surface area contributed by atoms with Crippen molar-refractivity contribution in [1.29, 1.82) is 0 Å². The SMILES string of the molecule is CCCc1nc(C(C)C)c(C(=O)OCC)n1Cc1ccc(-c2ccccc2C(=O)C(C)=O)cc1. The van der Waals surface area contributed by atoms with E-state index in [4.69, 9.17) is 9.72 Å². The van der Waals surface area contributed by atoms with Gasteiger partial charge in [-0.25, -0.2) is 9.78 Å². The molecular formula is C28H32N2O4. The van der Waals surface area contributed by atoms with Gasteiger partial charge in [-0.15, -0.1) is 0 Å². The lowest BCUT2D eigenvalue weighted by Crippen LogP contribution is -2.17.